The summed E-state index contributed by atoms with van der Waals surface area (Å²) in [6.45, 7) is 4.30. The summed E-state index contributed by atoms with van der Waals surface area (Å²) in [5.41, 5.74) is 1.64. The van der Waals surface area contributed by atoms with E-state index in [1.165, 1.54) is 6.26 Å². The molecule has 8 heteroatoms. The highest BCUT2D eigenvalue weighted by molar-refractivity contribution is 5.91. The van der Waals surface area contributed by atoms with Crippen molar-refractivity contribution in [3.8, 4) is 0 Å². The molecule has 1 aliphatic heterocycles. The summed E-state index contributed by atoms with van der Waals surface area (Å²) < 4.78 is 12.4. The molecule has 2 amide bonds. The van der Waals surface area contributed by atoms with Gasteiger partial charge in [0.25, 0.3) is 5.91 Å². The van der Waals surface area contributed by atoms with Crippen LogP contribution in [-0.2, 0) is 16.1 Å². The number of rotatable bonds is 5. The molecule has 146 valence electrons. The number of carbonyl (C=O) groups is 2. The van der Waals surface area contributed by atoms with Crippen molar-refractivity contribution >= 4 is 22.8 Å². The number of morpholine rings is 1. The Balaban J connectivity index is 1.61. The van der Waals surface area contributed by atoms with Crippen molar-refractivity contribution in [3.63, 3.8) is 0 Å². The Morgan fingerprint density at radius 2 is 1.96 bits per heavy atom. The molecule has 0 aliphatic carbocycles. The molecule has 2 aromatic heterocycles. The molecule has 0 radical (unpaired) electrons. The molecule has 1 fully saturated rings. The largest absolute Gasteiger partial charge is 0.459 e. The molecule has 0 spiro atoms. The van der Waals surface area contributed by atoms with E-state index < -0.39 is 6.04 Å². The fourth-order valence-corrected chi connectivity index (χ4v) is 3.38. The van der Waals surface area contributed by atoms with Gasteiger partial charge in [-0.15, -0.1) is 0 Å². The Morgan fingerprint density at radius 3 is 2.71 bits per heavy atom. The predicted molar refractivity (Wildman–Crippen MR) is 102 cm³/mol. The number of hydrogen-bond acceptors (Lipinski definition) is 5. The van der Waals surface area contributed by atoms with Crippen molar-refractivity contribution in [3.05, 3.63) is 54.2 Å². The number of imidazole rings is 1. The van der Waals surface area contributed by atoms with Gasteiger partial charge >= 0.3 is 0 Å². The Labute approximate surface area is 162 Å². The lowest BCUT2D eigenvalue weighted by molar-refractivity contribution is -0.135. The van der Waals surface area contributed by atoms with E-state index in [4.69, 9.17) is 9.15 Å². The Hall–Kier alpha value is -3.13. The quantitative estimate of drug-likeness (QED) is 0.729. The minimum absolute atomic E-state index is 0.0114. The lowest BCUT2D eigenvalue weighted by Gasteiger charge is -2.27. The molecule has 0 unspecified atom stereocenters. The number of aromatic nitrogens is 2. The first-order valence-electron chi connectivity index (χ1n) is 9.28. The van der Waals surface area contributed by atoms with E-state index in [1.807, 2.05) is 35.8 Å². The number of hydrogen-bond donors (Lipinski definition) is 1. The molecule has 4 rings (SSSR count). The van der Waals surface area contributed by atoms with Gasteiger partial charge in [-0.05, 0) is 31.2 Å². The van der Waals surface area contributed by atoms with Crippen LogP contribution in [0.25, 0.3) is 11.0 Å². The number of benzene rings is 1. The second-order valence-corrected chi connectivity index (χ2v) is 6.71. The number of ether oxygens (including phenoxy) is 1. The smallest absolute Gasteiger partial charge is 0.287 e. The van der Waals surface area contributed by atoms with Gasteiger partial charge in [0.15, 0.2) is 5.76 Å². The third-order valence-electron chi connectivity index (χ3n) is 4.82. The highest BCUT2D eigenvalue weighted by atomic mass is 16.5. The summed E-state index contributed by atoms with van der Waals surface area (Å²) in [4.78, 5) is 31.6. The van der Waals surface area contributed by atoms with Gasteiger partial charge in [0, 0.05) is 13.1 Å². The van der Waals surface area contributed by atoms with Gasteiger partial charge in [0.2, 0.25) is 5.91 Å². The van der Waals surface area contributed by atoms with Gasteiger partial charge in [-0.1, -0.05) is 12.1 Å². The molecule has 1 atom stereocenters. The number of amides is 2. The summed E-state index contributed by atoms with van der Waals surface area (Å²) in [6, 6.07) is 10.5. The van der Waals surface area contributed by atoms with E-state index in [2.05, 4.69) is 10.3 Å². The monoisotopic (exact) mass is 382 g/mol. The van der Waals surface area contributed by atoms with Crippen molar-refractivity contribution in [2.45, 2.75) is 19.5 Å². The zero-order valence-electron chi connectivity index (χ0n) is 15.6. The fraction of sp³-hybridized carbons (Fsp3) is 0.350. The van der Waals surface area contributed by atoms with E-state index in [9.17, 15) is 9.59 Å². The minimum atomic E-state index is -0.400. The SMILES string of the molecule is C[C@H](NC(=O)c1ccco1)c1nc2ccccc2n1CC(=O)N1CCOCC1. The van der Waals surface area contributed by atoms with Gasteiger partial charge in [-0.3, -0.25) is 9.59 Å². The number of nitrogens with one attached hydrogen (secondary N) is 1. The average molecular weight is 382 g/mol. The van der Waals surface area contributed by atoms with Crippen molar-refractivity contribution in [1.82, 2.24) is 19.8 Å². The third kappa shape index (κ3) is 3.63. The van der Waals surface area contributed by atoms with E-state index >= 15 is 0 Å². The summed E-state index contributed by atoms with van der Waals surface area (Å²) in [6.07, 6.45) is 1.45. The highest BCUT2D eigenvalue weighted by Gasteiger charge is 2.23. The first kappa shape index (κ1) is 18.2. The maximum atomic E-state index is 12.8. The van der Waals surface area contributed by atoms with Gasteiger partial charge in [0.05, 0.1) is 36.6 Å². The van der Waals surface area contributed by atoms with E-state index in [0.29, 0.717) is 32.1 Å². The van der Waals surface area contributed by atoms with Crippen LogP contribution in [0.4, 0.5) is 0 Å². The Bertz CT molecular complexity index is 973. The normalized spacial score (nSPS) is 15.5. The van der Waals surface area contributed by atoms with Crippen molar-refractivity contribution in [1.29, 1.82) is 0 Å². The molecular weight excluding hydrogens is 360 g/mol. The molecule has 3 aromatic rings. The average Bonchev–Trinajstić information content (AvgIpc) is 3.37. The maximum Gasteiger partial charge on any atom is 0.287 e. The molecule has 1 saturated heterocycles. The van der Waals surface area contributed by atoms with Crippen LogP contribution in [0.1, 0.15) is 29.3 Å². The van der Waals surface area contributed by atoms with Crippen molar-refractivity contribution < 1.29 is 18.7 Å². The number of para-hydroxylation sites is 2. The maximum absolute atomic E-state index is 12.8. The second-order valence-electron chi connectivity index (χ2n) is 6.71. The molecule has 8 nitrogen and oxygen atoms in total. The van der Waals surface area contributed by atoms with E-state index in [-0.39, 0.29) is 24.1 Å². The van der Waals surface area contributed by atoms with Crippen LogP contribution >= 0.6 is 0 Å². The van der Waals surface area contributed by atoms with Gasteiger partial charge in [0.1, 0.15) is 12.4 Å². The molecule has 1 aliphatic rings. The molecule has 0 bridgehead atoms. The minimum Gasteiger partial charge on any atom is -0.459 e. The number of fused-ring (bicyclic) bond motifs is 1. The summed E-state index contributed by atoms with van der Waals surface area (Å²) in [7, 11) is 0. The van der Waals surface area contributed by atoms with E-state index in [0.717, 1.165) is 11.0 Å². The van der Waals surface area contributed by atoms with Crippen LogP contribution in [0.15, 0.2) is 47.1 Å². The molecule has 0 saturated carbocycles. The molecule has 1 N–H and O–H groups in total. The summed E-state index contributed by atoms with van der Waals surface area (Å²) >= 11 is 0. The first-order chi connectivity index (χ1) is 13.6. The van der Waals surface area contributed by atoms with Crippen LogP contribution in [0.2, 0.25) is 0 Å². The number of carbonyl (C=O) groups excluding carboxylic acids is 2. The van der Waals surface area contributed by atoms with Crippen molar-refractivity contribution in [2.75, 3.05) is 26.3 Å². The zero-order chi connectivity index (χ0) is 19.5. The molecular formula is C20H22N4O4. The van der Waals surface area contributed by atoms with Crippen LogP contribution in [0.3, 0.4) is 0 Å². The standard InChI is InChI=1S/C20H22N4O4/c1-14(21-20(26)17-7-4-10-28-17)19-22-15-5-2-3-6-16(15)24(19)13-18(25)23-8-11-27-12-9-23/h2-7,10,14H,8-9,11-13H2,1H3,(H,21,26)/t14-/m0/s1. The summed E-state index contributed by atoms with van der Waals surface area (Å²) in [5, 5.41) is 2.89. The van der Waals surface area contributed by atoms with Gasteiger partial charge < -0.3 is 23.9 Å². The Morgan fingerprint density at radius 1 is 1.18 bits per heavy atom. The topological polar surface area (TPSA) is 89.6 Å². The van der Waals surface area contributed by atoms with Crippen LogP contribution in [-0.4, -0.2) is 52.6 Å². The molecule has 3 heterocycles. The lowest BCUT2D eigenvalue weighted by atomic mass is 10.2. The van der Waals surface area contributed by atoms with Crippen LogP contribution in [0, 0.1) is 0 Å². The predicted octanol–water partition coefficient (Wildman–Crippen LogP) is 1.98. The van der Waals surface area contributed by atoms with Crippen LogP contribution < -0.4 is 5.32 Å². The third-order valence-corrected chi connectivity index (χ3v) is 4.82. The van der Waals surface area contributed by atoms with Crippen LogP contribution in [0.5, 0.6) is 0 Å². The number of furan rings is 1. The summed E-state index contributed by atoms with van der Waals surface area (Å²) in [5.74, 6) is 0.550. The highest BCUT2D eigenvalue weighted by Crippen LogP contribution is 2.21. The number of nitrogens with zero attached hydrogens (tertiary/aromatic N) is 3. The molecule has 28 heavy (non-hydrogen) atoms. The Kier molecular flexibility index (Phi) is 5.12. The first-order valence-corrected chi connectivity index (χ1v) is 9.28. The fourth-order valence-electron chi connectivity index (χ4n) is 3.38. The van der Waals surface area contributed by atoms with Gasteiger partial charge in [-0.2, -0.15) is 0 Å². The van der Waals surface area contributed by atoms with Gasteiger partial charge in [-0.25, -0.2) is 4.98 Å². The second kappa shape index (κ2) is 7.85. The van der Waals surface area contributed by atoms with E-state index in [1.54, 1.807) is 17.0 Å². The zero-order valence-corrected chi connectivity index (χ0v) is 15.6. The van der Waals surface area contributed by atoms with Crippen molar-refractivity contribution in [2.24, 2.45) is 0 Å². The lowest BCUT2D eigenvalue weighted by Crippen LogP contribution is -2.42. The molecule has 1 aromatic carbocycles.